The summed E-state index contributed by atoms with van der Waals surface area (Å²) in [5.41, 5.74) is 0.929. The summed E-state index contributed by atoms with van der Waals surface area (Å²) in [4.78, 5) is 0. The van der Waals surface area contributed by atoms with Crippen LogP contribution in [0.15, 0.2) is 12.1 Å². The highest BCUT2D eigenvalue weighted by Crippen LogP contribution is 2.39. The predicted octanol–water partition coefficient (Wildman–Crippen LogP) is 3.38. The maximum atomic E-state index is 13.3. The normalized spacial score (nSPS) is 24.8. The molecule has 4 heteroatoms. The van der Waals surface area contributed by atoms with Crippen molar-refractivity contribution in [3.63, 3.8) is 0 Å². The molecule has 0 N–H and O–H groups in total. The molecule has 1 fully saturated rings. The number of methoxy groups -OCH3 is 1. The molecule has 0 aromatic heterocycles. The van der Waals surface area contributed by atoms with Gasteiger partial charge < -0.3 is 9.47 Å². The minimum Gasteiger partial charge on any atom is -0.495 e. The summed E-state index contributed by atoms with van der Waals surface area (Å²) in [6.45, 7) is 2.66. The highest BCUT2D eigenvalue weighted by Gasteiger charge is 2.27. The third-order valence-electron chi connectivity index (χ3n) is 2.92. The Morgan fingerprint density at radius 3 is 2.81 bits per heavy atom. The zero-order valence-corrected chi connectivity index (χ0v) is 10.1. The summed E-state index contributed by atoms with van der Waals surface area (Å²) < 4.78 is 23.9. The minimum atomic E-state index is -0.450. The number of rotatable bonds is 2. The molecule has 1 saturated heterocycles. The second kappa shape index (κ2) is 4.60. The van der Waals surface area contributed by atoms with Crippen LogP contribution in [0.2, 0.25) is 5.02 Å². The zero-order valence-electron chi connectivity index (χ0n) is 9.30. The topological polar surface area (TPSA) is 18.5 Å². The van der Waals surface area contributed by atoms with Gasteiger partial charge in [0.2, 0.25) is 0 Å². The molecule has 16 heavy (non-hydrogen) atoms. The van der Waals surface area contributed by atoms with E-state index in [9.17, 15) is 4.39 Å². The van der Waals surface area contributed by atoms with Gasteiger partial charge in [0.15, 0.2) is 0 Å². The Hall–Kier alpha value is -0.800. The lowest BCUT2D eigenvalue weighted by molar-refractivity contribution is 0.123. The van der Waals surface area contributed by atoms with E-state index in [1.807, 2.05) is 6.92 Å². The van der Waals surface area contributed by atoms with Crippen LogP contribution in [0.4, 0.5) is 4.39 Å². The average molecular weight is 245 g/mol. The van der Waals surface area contributed by atoms with Gasteiger partial charge in [-0.3, -0.25) is 0 Å². The molecular weight excluding hydrogens is 231 g/mol. The fourth-order valence-electron chi connectivity index (χ4n) is 2.11. The summed E-state index contributed by atoms with van der Waals surface area (Å²) in [6.07, 6.45) is 1.15. The van der Waals surface area contributed by atoms with Crippen LogP contribution in [-0.2, 0) is 4.74 Å². The van der Waals surface area contributed by atoms with Crippen molar-refractivity contribution in [2.45, 2.75) is 25.4 Å². The summed E-state index contributed by atoms with van der Waals surface area (Å²) in [5, 5.41) is 0.0551. The molecule has 0 spiro atoms. The van der Waals surface area contributed by atoms with Gasteiger partial charge in [0.05, 0.1) is 19.8 Å². The third kappa shape index (κ3) is 2.02. The Morgan fingerprint density at radius 1 is 1.50 bits per heavy atom. The lowest BCUT2D eigenvalue weighted by Crippen LogP contribution is -2.02. The fourth-order valence-corrected chi connectivity index (χ4v) is 2.36. The first-order valence-corrected chi connectivity index (χ1v) is 5.64. The van der Waals surface area contributed by atoms with Gasteiger partial charge in [0, 0.05) is 11.5 Å². The largest absolute Gasteiger partial charge is 0.495 e. The minimum absolute atomic E-state index is 0.0551. The fraction of sp³-hybridized carbons (Fsp3) is 0.500. The first-order chi connectivity index (χ1) is 7.63. The standard InChI is InChI=1S/C12H14ClFO2/c1-7-5-8(6-16-7)9-3-4-10(14)11(13)12(9)15-2/h3-4,7-8H,5-6H2,1-2H3. The van der Waals surface area contributed by atoms with Crippen molar-refractivity contribution in [2.75, 3.05) is 13.7 Å². The summed E-state index contributed by atoms with van der Waals surface area (Å²) >= 11 is 5.87. The molecule has 1 aliphatic heterocycles. The van der Waals surface area contributed by atoms with Crippen LogP contribution in [0.3, 0.4) is 0 Å². The Labute approximate surface area is 99.3 Å². The Balaban J connectivity index is 2.37. The number of benzene rings is 1. The lowest BCUT2D eigenvalue weighted by atomic mass is 9.95. The molecular formula is C12H14ClFO2. The number of ether oxygens (including phenoxy) is 2. The highest BCUT2D eigenvalue weighted by atomic mass is 35.5. The van der Waals surface area contributed by atoms with Gasteiger partial charge in [-0.25, -0.2) is 4.39 Å². The first-order valence-electron chi connectivity index (χ1n) is 5.27. The van der Waals surface area contributed by atoms with Gasteiger partial charge in [-0.2, -0.15) is 0 Å². The monoisotopic (exact) mass is 244 g/mol. The molecule has 2 rings (SSSR count). The molecule has 0 amide bonds. The van der Waals surface area contributed by atoms with Gasteiger partial charge in [-0.15, -0.1) is 0 Å². The second-order valence-corrected chi connectivity index (χ2v) is 4.44. The van der Waals surface area contributed by atoms with Gasteiger partial charge in [-0.1, -0.05) is 17.7 Å². The van der Waals surface area contributed by atoms with Crippen LogP contribution >= 0.6 is 11.6 Å². The van der Waals surface area contributed by atoms with E-state index in [-0.39, 0.29) is 17.0 Å². The molecule has 0 aliphatic carbocycles. The Morgan fingerprint density at radius 2 is 2.25 bits per heavy atom. The van der Waals surface area contributed by atoms with E-state index in [4.69, 9.17) is 21.1 Å². The predicted molar refractivity (Wildman–Crippen MR) is 60.7 cm³/mol. The number of hydrogen-bond donors (Lipinski definition) is 0. The maximum Gasteiger partial charge on any atom is 0.145 e. The molecule has 2 unspecified atom stereocenters. The quantitative estimate of drug-likeness (QED) is 0.794. The van der Waals surface area contributed by atoms with Crippen LogP contribution < -0.4 is 4.74 Å². The molecule has 2 atom stereocenters. The van der Waals surface area contributed by atoms with Gasteiger partial charge in [-0.05, 0) is 19.4 Å². The number of hydrogen-bond acceptors (Lipinski definition) is 2. The lowest BCUT2D eigenvalue weighted by Gasteiger charge is -2.14. The first kappa shape index (κ1) is 11.7. The molecule has 0 radical (unpaired) electrons. The Bertz CT molecular complexity index is 395. The van der Waals surface area contributed by atoms with Crippen molar-refractivity contribution in [3.8, 4) is 5.75 Å². The van der Waals surface area contributed by atoms with E-state index in [1.165, 1.54) is 13.2 Å². The van der Waals surface area contributed by atoms with Gasteiger partial charge >= 0.3 is 0 Å². The van der Waals surface area contributed by atoms with E-state index < -0.39 is 5.82 Å². The molecule has 2 nitrogen and oxygen atoms in total. The summed E-state index contributed by atoms with van der Waals surface area (Å²) in [6, 6.07) is 3.11. The van der Waals surface area contributed by atoms with E-state index in [0.29, 0.717) is 12.4 Å². The molecule has 88 valence electrons. The van der Waals surface area contributed by atoms with Crippen molar-refractivity contribution in [1.29, 1.82) is 0 Å². The van der Waals surface area contributed by atoms with Crippen molar-refractivity contribution in [2.24, 2.45) is 0 Å². The third-order valence-corrected chi connectivity index (χ3v) is 3.27. The van der Waals surface area contributed by atoms with E-state index in [2.05, 4.69) is 0 Å². The number of halogens is 2. The second-order valence-electron chi connectivity index (χ2n) is 4.06. The maximum absolute atomic E-state index is 13.3. The van der Waals surface area contributed by atoms with Crippen LogP contribution in [0.5, 0.6) is 5.75 Å². The molecule has 0 bridgehead atoms. The van der Waals surface area contributed by atoms with E-state index in [1.54, 1.807) is 6.07 Å². The van der Waals surface area contributed by atoms with Crippen molar-refractivity contribution in [3.05, 3.63) is 28.5 Å². The SMILES string of the molecule is COc1c(C2COC(C)C2)ccc(F)c1Cl. The highest BCUT2D eigenvalue weighted by molar-refractivity contribution is 6.32. The van der Waals surface area contributed by atoms with E-state index in [0.717, 1.165) is 12.0 Å². The summed E-state index contributed by atoms with van der Waals surface area (Å²) in [5.74, 6) is 0.224. The molecule has 1 aromatic carbocycles. The smallest absolute Gasteiger partial charge is 0.145 e. The van der Waals surface area contributed by atoms with Gasteiger partial charge in [0.1, 0.15) is 16.6 Å². The van der Waals surface area contributed by atoms with Crippen molar-refractivity contribution >= 4 is 11.6 Å². The van der Waals surface area contributed by atoms with Gasteiger partial charge in [0.25, 0.3) is 0 Å². The van der Waals surface area contributed by atoms with E-state index >= 15 is 0 Å². The van der Waals surface area contributed by atoms with Crippen LogP contribution in [0.1, 0.15) is 24.8 Å². The molecule has 0 saturated carbocycles. The Kier molecular flexibility index (Phi) is 3.36. The zero-order chi connectivity index (χ0) is 11.7. The molecule has 1 aromatic rings. The average Bonchev–Trinajstić information content (AvgIpc) is 2.68. The molecule has 1 aliphatic rings. The van der Waals surface area contributed by atoms with Crippen molar-refractivity contribution < 1.29 is 13.9 Å². The van der Waals surface area contributed by atoms with Crippen molar-refractivity contribution in [1.82, 2.24) is 0 Å². The van der Waals surface area contributed by atoms with Crippen LogP contribution in [0.25, 0.3) is 0 Å². The van der Waals surface area contributed by atoms with Crippen LogP contribution in [-0.4, -0.2) is 19.8 Å². The summed E-state index contributed by atoms with van der Waals surface area (Å²) in [7, 11) is 1.50. The van der Waals surface area contributed by atoms with Crippen LogP contribution in [0, 0.1) is 5.82 Å². The molecule has 1 heterocycles.